The van der Waals surface area contributed by atoms with Crippen molar-refractivity contribution < 1.29 is 23.1 Å². The van der Waals surface area contributed by atoms with Crippen molar-refractivity contribution >= 4 is 28.5 Å². The van der Waals surface area contributed by atoms with Gasteiger partial charge in [0.1, 0.15) is 11.6 Å². The van der Waals surface area contributed by atoms with Gasteiger partial charge in [0.15, 0.2) is 6.61 Å². The van der Waals surface area contributed by atoms with Gasteiger partial charge in [-0.1, -0.05) is 18.2 Å². The predicted molar refractivity (Wildman–Crippen MR) is 87.9 cm³/mol. The summed E-state index contributed by atoms with van der Waals surface area (Å²) < 4.78 is 31.0. The lowest BCUT2D eigenvalue weighted by Gasteiger charge is -2.07. The van der Waals surface area contributed by atoms with E-state index in [1.54, 1.807) is 6.20 Å². The summed E-state index contributed by atoms with van der Waals surface area (Å²) in [5.41, 5.74) is 1.61. The number of aromatic amines is 1. The van der Waals surface area contributed by atoms with Crippen LogP contribution < -0.4 is 5.32 Å². The first-order chi connectivity index (χ1) is 12.0. The van der Waals surface area contributed by atoms with Crippen molar-refractivity contribution in [2.45, 2.75) is 6.42 Å². The van der Waals surface area contributed by atoms with E-state index >= 15 is 0 Å². The molecule has 1 amide bonds. The smallest absolute Gasteiger partial charge is 0.310 e. The van der Waals surface area contributed by atoms with Crippen molar-refractivity contribution in [3.8, 4) is 0 Å². The van der Waals surface area contributed by atoms with Crippen LogP contribution in [0.1, 0.15) is 5.56 Å². The first-order valence-electron chi connectivity index (χ1n) is 7.48. The molecule has 0 aliphatic heterocycles. The maximum atomic E-state index is 13.1. The molecule has 1 aromatic heterocycles. The van der Waals surface area contributed by atoms with Crippen LogP contribution in [0.2, 0.25) is 0 Å². The molecular formula is C18H14F2N2O3. The van der Waals surface area contributed by atoms with Crippen molar-refractivity contribution in [1.29, 1.82) is 0 Å². The highest BCUT2D eigenvalue weighted by molar-refractivity contribution is 5.93. The summed E-state index contributed by atoms with van der Waals surface area (Å²) in [5, 5.41) is 3.17. The molecule has 2 N–H and O–H groups in total. The number of aromatic nitrogens is 1. The number of hydrogen-bond donors (Lipinski definition) is 2. The first kappa shape index (κ1) is 16.6. The fourth-order valence-corrected chi connectivity index (χ4v) is 2.45. The zero-order valence-corrected chi connectivity index (χ0v) is 13.0. The van der Waals surface area contributed by atoms with Gasteiger partial charge >= 0.3 is 5.97 Å². The van der Waals surface area contributed by atoms with E-state index in [1.165, 1.54) is 0 Å². The molecule has 0 atom stereocenters. The van der Waals surface area contributed by atoms with Gasteiger partial charge < -0.3 is 15.0 Å². The van der Waals surface area contributed by atoms with E-state index in [4.69, 9.17) is 4.74 Å². The Hall–Kier alpha value is -3.22. The van der Waals surface area contributed by atoms with E-state index in [2.05, 4.69) is 10.3 Å². The van der Waals surface area contributed by atoms with Crippen molar-refractivity contribution in [2.75, 3.05) is 11.9 Å². The number of ether oxygens (including phenoxy) is 1. The molecule has 0 unspecified atom stereocenters. The molecule has 2 aromatic carbocycles. The Morgan fingerprint density at radius 3 is 2.56 bits per heavy atom. The number of H-pyrrole nitrogens is 1. The number of benzene rings is 2. The average molecular weight is 344 g/mol. The summed E-state index contributed by atoms with van der Waals surface area (Å²) in [7, 11) is 0. The summed E-state index contributed by atoms with van der Waals surface area (Å²) in [5.74, 6) is -2.89. The molecular weight excluding hydrogens is 330 g/mol. The molecule has 0 aliphatic rings. The Kier molecular flexibility index (Phi) is 4.74. The topological polar surface area (TPSA) is 71.2 Å². The number of esters is 1. The average Bonchev–Trinajstić information content (AvgIpc) is 2.95. The molecule has 0 saturated carbocycles. The van der Waals surface area contributed by atoms with E-state index in [-0.39, 0.29) is 12.1 Å². The number of hydrogen-bond acceptors (Lipinski definition) is 3. The highest BCUT2D eigenvalue weighted by Gasteiger charge is 2.12. The highest BCUT2D eigenvalue weighted by Crippen LogP contribution is 2.18. The van der Waals surface area contributed by atoms with Gasteiger partial charge in [-0.15, -0.1) is 0 Å². The van der Waals surface area contributed by atoms with Gasteiger partial charge in [0, 0.05) is 28.9 Å². The molecule has 128 valence electrons. The molecule has 0 saturated heterocycles. The van der Waals surface area contributed by atoms with Crippen molar-refractivity contribution in [3.05, 3.63) is 65.9 Å². The minimum absolute atomic E-state index is 0.00584. The molecule has 0 fully saturated rings. The van der Waals surface area contributed by atoms with Crippen molar-refractivity contribution in [2.24, 2.45) is 0 Å². The number of nitrogens with one attached hydrogen (secondary N) is 2. The lowest BCUT2D eigenvalue weighted by Crippen LogP contribution is -2.21. The number of fused-ring (bicyclic) bond motifs is 1. The second kappa shape index (κ2) is 7.12. The highest BCUT2D eigenvalue weighted by atomic mass is 19.1. The van der Waals surface area contributed by atoms with E-state index in [9.17, 15) is 18.4 Å². The summed E-state index contributed by atoms with van der Waals surface area (Å²) in [6.07, 6.45) is 1.72. The van der Waals surface area contributed by atoms with E-state index in [1.807, 2.05) is 24.3 Å². The fraction of sp³-hybridized carbons (Fsp3) is 0.111. The molecule has 7 heteroatoms. The van der Waals surface area contributed by atoms with Crippen LogP contribution in [0.5, 0.6) is 0 Å². The second-order valence-corrected chi connectivity index (χ2v) is 5.40. The summed E-state index contributed by atoms with van der Waals surface area (Å²) in [6, 6.07) is 10.1. The van der Waals surface area contributed by atoms with Crippen LogP contribution in [-0.4, -0.2) is 23.5 Å². The van der Waals surface area contributed by atoms with Crippen LogP contribution in [0.4, 0.5) is 14.5 Å². The van der Waals surface area contributed by atoms with Gasteiger partial charge in [-0.25, -0.2) is 8.78 Å². The zero-order valence-electron chi connectivity index (χ0n) is 13.0. The van der Waals surface area contributed by atoms with E-state index in [0.717, 1.165) is 28.6 Å². The third kappa shape index (κ3) is 4.20. The van der Waals surface area contributed by atoms with Crippen LogP contribution in [0, 0.1) is 11.6 Å². The lowest BCUT2D eigenvalue weighted by atomic mass is 10.1. The number of amides is 1. The van der Waals surface area contributed by atoms with Gasteiger partial charge in [-0.3, -0.25) is 9.59 Å². The number of carbonyl (C=O) groups excluding carboxylic acids is 2. The summed E-state index contributed by atoms with van der Waals surface area (Å²) in [4.78, 5) is 26.6. The minimum Gasteiger partial charge on any atom is -0.455 e. The van der Waals surface area contributed by atoms with E-state index < -0.39 is 30.1 Å². The van der Waals surface area contributed by atoms with Gasteiger partial charge in [0.25, 0.3) is 5.91 Å². The number of para-hydroxylation sites is 1. The normalized spacial score (nSPS) is 10.6. The minimum atomic E-state index is -0.813. The Morgan fingerprint density at radius 2 is 1.80 bits per heavy atom. The van der Waals surface area contributed by atoms with Gasteiger partial charge in [-0.05, 0) is 23.8 Å². The zero-order chi connectivity index (χ0) is 17.8. The monoisotopic (exact) mass is 344 g/mol. The van der Waals surface area contributed by atoms with Crippen LogP contribution in [0.15, 0.2) is 48.7 Å². The number of halogens is 2. The van der Waals surface area contributed by atoms with Gasteiger partial charge in [-0.2, -0.15) is 0 Å². The third-order valence-electron chi connectivity index (χ3n) is 3.52. The van der Waals surface area contributed by atoms with Crippen molar-refractivity contribution in [3.63, 3.8) is 0 Å². The molecule has 5 nitrogen and oxygen atoms in total. The maximum absolute atomic E-state index is 13.1. The summed E-state index contributed by atoms with van der Waals surface area (Å²) >= 11 is 0. The largest absolute Gasteiger partial charge is 0.455 e. The third-order valence-corrected chi connectivity index (χ3v) is 3.52. The molecule has 0 radical (unpaired) electrons. The van der Waals surface area contributed by atoms with Crippen LogP contribution in [0.25, 0.3) is 10.9 Å². The molecule has 0 aliphatic carbocycles. The van der Waals surface area contributed by atoms with Crippen LogP contribution in [-0.2, 0) is 20.7 Å². The Labute approximate surface area is 141 Å². The number of rotatable bonds is 5. The maximum Gasteiger partial charge on any atom is 0.310 e. The quantitative estimate of drug-likeness (QED) is 0.699. The molecule has 3 aromatic rings. The molecule has 0 spiro atoms. The Balaban J connectivity index is 1.54. The van der Waals surface area contributed by atoms with Crippen LogP contribution >= 0.6 is 0 Å². The molecule has 25 heavy (non-hydrogen) atoms. The summed E-state index contributed by atoms with van der Waals surface area (Å²) in [6.45, 7) is -0.542. The molecule has 0 bridgehead atoms. The van der Waals surface area contributed by atoms with Crippen molar-refractivity contribution in [1.82, 2.24) is 4.98 Å². The van der Waals surface area contributed by atoms with E-state index in [0.29, 0.717) is 6.07 Å². The van der Waals surface area contributed by atoms with Gasteiger partial charge in [0.2, 0.25) is 0 Å². The lowest BCUT2D eigenvalue weighted by molar-refractivity contribution is -0.146. The second-order valence-electron chi connectivity index (χ2n) is 5.40. The predicted octanol–water partition coefficient (Wildman–Crippen LogP) is 3.17. The number of carbonyl (C=O) groups is 2. The first-order valence-corrected chi connectivity index (χ1v) is 7.48. The van der Waals surface area contributed by atoms with Crippen LogP contribution in [0.3, 0.4) is 0 Å². The van der Waals surface area contributed by atoms with Gasteiger partial charge in [0.05, 0.1) is 6.42 Å². The Bertz CT molecular complexity index is 917. The fourth-order valence-electron chi connectivity index (χ4n) is 2.45. The SMILES string of the molecule is O=C(COC(=O)Cc1c[nH]c2ccccc12)Nc1cc(F)cc(F)c1. The Morgan fingerprint density at radius 1 is 1.08 bits per heavy atom. The standard InChI is InChI=1S/C18H14F2N2O3/c19-12-6-13(20)8-14(7-12)22-17(23)10-25-18(24)5-11-9-21-16-4-2-1-3-15(11)16/h1-4,6-9,21H,5,10H2,(H,22,23). The number of anilines is 1. The molecule has 3 rings (SSSR count). The molecule has 1 heterocycles.